The highest BCUT2D eigenvalue weighted by Gasteiger charge is 2.43. The van der Waals surface area contributed by atoms with Gasteiger partial charge in [-0.25, -0.2) is 0 Å². The Kier molecular flexibility index (Phi) is 13.5. The van der Waals surface area contributed by atoms with Gasteiger partial charge in [0.25, 0.3) is 0 Å². The number of hydrogen-bond donors (Lipinski definition) is 0. The van der Waals surface area contributed by atoms with E-state index in [2.05, 4.69) is 125 Å². The third-order valence-electron chi connectivity index (χ3n) is 14.4. The lowest BCUT2D eigenvalue weighted by atomic mass is 9.70. The van der Waals surface area contributed by atoms with Gasteiger partial charge in [-0.05, 0) is 93.5 Å². The molecular formula is C56H68N2S. The minimum absolute atomic E-state index is 0.0599. The van der Waals surface area contributed by atoms with E-state index in [0.717, 1.165) is 11.0 Å². The van der Waals surface area contributed by atoms with Crippen molar-refractivity contribution >= 4 is 22.8 Å². The maximum atomic E-state index is 5.07. The summed E-state index contributed by atoms with van der Waals surface area (Å²) < 4.78 is 10.1. The number of fused-ring (bicyclic) bond motifs is 7. The van der Waals surface area contributed by atoms with Crippen molar-refractivity contribution in [1.29, 1.82) is 0 Å². The molecule has 0 N–H and O–H groups in total. The fourth-order valence-corrected chi connectivity index (χ4v) is 11.9. The molecule has 308 valence electrons. The molecule has 3 heteroatoms. The second-order valence-corrected chi connectivity index (χ2v) is 18.7. The van der Waals surface area contributed by atoms with Gasteiger partial charge in [-0.15, -0.1) is 0 Å². The fraction of sp³-hybridized carbons (Fsp3) is 0.464. The molecule has 0 saturated carbocycles. The molecule has 0 aliphatic heterocycles. The van der Waals surface area contributed by atoms with E-state index in [1.807, 2.05) is 0 Å². The predicted octanol–water partition coefficient (Wildman–Crippen LogP) is 17.4. The van der Waals surface area contributed by atoms with Crippen LogP contribution in [-0.2, 0) is 10.8 Å². The summed E-state index contributed by atoms with van der Waals surface area (Å²) in [6.07, 6.45) is 25.6. The number of rotatable bonds is 22. The van der Waals surface area contributed by atoms with Crippen molar-refractivity contribution in [3.8, 4) is 44.5 Å². The van der Waals surface area contributed by atoms with Crippen molar-refractivity contribution < 1.29 is 0 Å². The van der Waals surface area contributed by atoms with Crippen LogP contribution in [0.15, 0.2) is 97.1 Å². The lowest BCUT2D eigenvalue weighted by Crippen LogP contribution is -2.25. The molecule has 8 rings (SSSR count). The molecular weight excluding hydrogens is 733 g/mol. The van der Waals surface area contributed by atoms with E-state index in [4.69, 9.17) is 8.75 Å². The van der Waals surface area contributed by atoms with Gasteiger partial charge >= 0.3 is 0 Å². The van der Waals surface area contributed by atoms with Crippen molar-refractivity contribution in [2.24, 2.45) is 0 Å². The normalized spacial score (nSPS) is 14.4. The van der Waals surface area contributed by atoms with Gasteiger partial charge in [-0.3, -0.25) is 0 Å². The summed E-state index contributed by atoms with van der Waals surface area (Å²) in [4.78, 5) is 0. The average Bonchev–Trinajstić information content (AvgIpc) is 3.95. The van der Waals surface area contributed by atoms with E-state index in [-0.39, 0.29) is 10.8 Å². The van der Waals surface area contributed by atoms with E-state index in [0.29, 0.717) is 0 Å². The maximum absolute atomic E-state index is 5.07. The summed E-state index contributed by atoms with van der Waals surface area (Å²) >= 11 is 1.36. The molecule has 0 saturated heterocycles. The van der Waals surface area contributed by atoms with Crippen LogP contribution >= 0.6 is 11.7 Å². The molecule has 6 aromatic rings. The summed E-state index contributed by atoms with van der Waals surface area (Å²) in [5.41, 5.74) is 19.1. The molecule has 2 nitrogen and oxygen atoms in total. The molecule has 5 aromatic carbocycles. The zero-order valence-electron chi connectivity index (χ0n) is 36.7. The Morgan fingerprint density at radius 2 is 0.695 bits per heavy atom. The van der Waals surface area contributed by atoms with Crippen LogP contribution in [0.5, 0.6) is 0 Å². The van der Waals surface area contributed by atoms with Gasteiger partial charge in [-0.2, -0.15) is 8.75 Å². The second-order valence-electron chi connectivity index (χ2n) is 18.1. The summed E-state index contributed by atoms with van der Waals surface area (Å²) in [6.45, 7) is 9.31. The molecule has 59 heavy (non-hydrogen) atoms. The average molecular weight is 801 g/mol. The molecule has 0 atom stereocenters. The predicted molar refractivity (Wildman–Crippen MR) is 256 cm³/mol. The highest BCUT2D eigenvalue weighted by atomic mass is 32.1. The minimum Gasteiger partial charge on any atom is -0.172 e. The molecule has 0 spiro atoms. The minimum atomic E-state index is 0.0599. The van der Waals surface area contributed by atoms with Crippen molar-refractivity contribution in [2.75, 3.05) is 0 Å². The van der Waals surface area contributed by atoms with E-state index >= 15 is 0 Å². The first-order chi connectivity index (χ1) is 29.1. The second kappa shape index (κ2) is 19.1. The van der Waals surface area contributed by atoms with Crippen LogP contribution in [0.1, 0.15) is 178 Å². The Labute approximate surface area is 360 Å². The molecule has 2 aliphatic carbocycles. The van der Waals surface area contributed by atoms with Gasteiger partial charge in [0, 0.05) is 22.0 Å². The first-order valence-corrected chi connectivity index (χ1v) is 24.6. The number of benzene rings is 5. The van der Waals surface area contributed by atoms with Crippen molar-refractivity contribution in [1.82, 2.24) is 8.75 Å². The number of unbranched alkanes of at least 4 members (excludes halogenated alkanes) is 12. The van der Waals surface area contributed by atoms with Gasteiger partial charge in [-0.1, -0.05) is 215 Å². The van der Waals surface area contributed by atoms with Crippen molar-refractivity contribution in [3.05, 3.63) is 119 Å². The van der Waals surface area contributed by atoms with Crippen LogP contribution < -0.4 is 0 Å². The third-order valence-corrected chi connectivity index (χ3v) is 14.9. The summed E-state index contributed by atoms with van der Waals surface area (Å²) in [5.74, 6) is 0. The van der Waals surface area contributed by atoms with Crippen molar-refractivity contribution in [2.45, 2.75) is 167 Å². The molecule has 1 heterocycles. The largest absolute Gasteiger partial charge is 0.172 e. The summed E-state index contributed by atoms with van der Waals surface area (Å²) in [5, 5.41) is 0. The first-order valence-electron chi connectivity index (χ1n) is 23.8. The van der Waals surface area contributed by atoms with Crippen LogP contribution in [0, 0.1) is 0 Å². The van der Waals surface area contributed by atoms with E-state index in [9.17, 15) is 0 Å². The Morgan fingerprint density at radius 1 is 0.356 bits per heavy atom. The Morgan fingerprint density at radius 3 is 1.07 bits per heavy atom. The summed E-state index contributed by atoms with van der Waals surface area (Å²) in [7, 11) is 0. The van der Waals surface area contributed by atoms with Gasteiger partial charge < -0.3 is 0 Å². The molecule has 0 amide bonds. The Bertz CT molecular complexity index is 2140. The van der Waals surface area contributed by atoms with Crippen LogP contribution in [0.25, 0.3) is 55.5 Å². The lowest BCUT2D eigenvalue weighted by Gasteiger charge is -2.33. The Balaban J connectivity index is 1.19. The van der Waals surface area contributed by atoms with E-state index in [1.165, 1.54) is 196 Å². The highest BCUT2D eigenvalue weighted by molar-refractivity contribution is 7.00. The zero-order chi connectivity index (χ0) is 40.7. The van der Waals surface area contributed by atoms with E-state index < -0.39 is 0 Å². The van der Waals surface area contributed by atoms with Crippen LogP contribution in [-0.4, -0.2) is 8.75 Å². The molecule has 0 fully saturated rings. The standard InChI is InChI=1S/C56H68N2S/c1-5-9-13-21-35-55(36-22-14-10-6-2)49-27-19-17-25-45(49)47-31-29-41(39-51(47)55)43-33-34-44(54-53(43)57-59-58-54)42-30-32-48-46-26-18-20-28-50(46)56(52(48)40-42,37-23-15-11-7-3)38-24-16-12-8-4/h17-20,25-34,39-40H,5-16,21-24,35-38H2,1-4H3. The molecule has 2 aliphatic rings. The van der Waals surface area contributed by atoms with Crippen LogP contribution in [0.4, 0.5) is 0 Å². The molecule has 1 aromatic heterocycles. The number of hydrogen-bond acceptors (Lipinski definition) is 3. The SMILES string of the molecule is CCCCCCC1(CCCCCC)c2ccccc2-c2ccc(-c3ccc(-c4ccc5c(c4)C(CCCCCC)(CCCCCC)c4ccccc4-5)c4nsnc34)cc21. The van der Waals surface area contributed by atoms with Gasteiger partial charge in [0.15, 0.2) is 0 Å². The maximum Gasteiger partial charge on any atom is 0.113 e. The van der Waals surface area contributed by atoms with Crippen LogP contribution in [0.3, 0.4) is 0 Å². The van der Waals surface area contributed by atoms with Crippen molar-refractivity contribution in [3.63, 3.8) is 0 Å². The monoisotopic (exact) mass is 801 g/mol. The summed E-state index contributed by atoms with van der Waals surface area (Å²) in [6, 6.07) is 38.2. The van der Waals surface area contributed by atoms with E-state index in [1.54, 1.807) is 11.1 Å². The van der Waals surface area contributed by atoms with Gasteiger partial charge in [0.2, 0.25) is 0 Å². The third kappa shape index (κ3) is 7.98. The number of aromatic nitrogens is 2. The van der Waals surface area contributed by atoms with Gasteiger partial charge in [0.1, 0.15) is 11.0 Å². The van der Waals surface area contributed by atoms with Crippen LogP contribution in [0.2, 0.25) is 0 Å². The molecule has 0 radical (unpaired) electrons. The quantitative estimate of drug-likeness (QED) is 0.0639. The lowest BCUT2D eigenvalue weighted by molar-refractivity contribution is 0.401. The molecule has 0 unspecified atom stereocenters. The Hall–Kier alpha value is -4.08. The fourth-order valence-electron chi connectivity index (χ4n) is 11.3. The topological polar surface area (TPSA) is 25.8 Å². The zero-order valence-corrected chi connectivity index (χ0v) is 37.5. The molecule has 0 bridgehead atoms. The first kappa shape index (κ1) is 41.6. The number of nitrogens with zero attached hydrogens (tertiary/aromatic N) is 2. The smallest absolute Gasteiger partial charge is 0.113 e. The van der Waals surface area contributed by atoms with Gasteiger partial charge in [0.05, 0.1) is 11.7 Å². The highest BCUT2D eigenvalue weighted by Crippen LogP contribution is 2.57.